The molecule has 0 radical (unpaired) electrons. The van der Waals surface area contributed by atoms with E-state index in [2.05, 4.69) is 5.32 Å². The third-order valence-electron chi connectivity index (χ3n) is 4.59. The van der Waals surface area contributed by atoms with E-state index >= 15 is 0 Å². The van der Waals surface area contributed by atoms with E-state index in [1.807, 2.05) is 0 Å². The molecule has 3 fully saturated rings. The van der Waals surface area contributed by atoms with Crippen LogP contribution in [-0.2, 0) is 4.74 Å². The largest absolute Gasteiger partial charge is 0.394 e. The van der Waals surface area contributed by atoms with Crippen molar-refractivity contribution in [1.29, 1.82) is 0 Å². The van der Waals surface area contributed by atoms with Crippen LogP contribution in [0.15, 0.2) is 0 Å². The third-order valence-corrected chi connectivity index (χ3v) is 4.59. The summed E-state index contributed by atoms with van der Waals surface area (Å²) in [6.07, 6.45) is 10.6. The molecule has 3 nitrogen and oxygen atoms in total. The van der Waals surface area contributed by atoms with Gasteiger partial charge in [-0.15, -0.1) is 0 Å². The Hall–Kier alpha value is -0.120. The molecule has 0 amide bonds. The lowest BCUT2D eigenvalue weighted by molar-refractivity contribution is -0.0162. The van der Waals surface area contributed by atoms with Crippen LogP contribution in [0, 0.1) is 5.92 Å². The summed E-state index contributed by atoms with van der Waals surface area (Å²) >= 11 is 0. The van der Waals surface area contributed by atoms with Gasteiger partial charge in [-0.3, -0.25) is 0 Å². The molecule has 2 N–H and O–H groups in total. The second-order valence-electron chi connectivity index (χ2n) is 6.22. The number of rotatable bonds is 7. The topological polar surface area (TPSA) is 41.5 Å². The fourth-order valence-corrected chi connectivity index (χ4v) is 3.09. The zero-order valence-corrected chi connectivity index (χ0v) is 10.7. The van der Waals surface area contributed by atoms with E-state index in [1.54, 1.807) is 0 Å². The molecule has 0 spiro atoms. The first-order valence-electron chi connectivity index (χ1n) is 7.32. The van der Waals surface area contributed by atoms with Gasteiger partial charge in [-0.05, 0) is 44.4 Å². The minimum atomic E-state index is -0.121. The monoisotopic (exact) mass is 239 g/mol. The van der Waals surface area contributed by atoms with Crippen LogP contribution in [0.1, 0.15) is 51.4 Å². The first-order chi connectivity index (χ1) is 8.32. The summed E-state index contributed by atoms with van der Waals surface area (Å²) in [5.74, 6) is 0.648. The quantitative estimate of drug-likeness (QED) is 0.712. The molecule has 17 heavy (non-hydrogen) atoms. The summed E-state index contributed by atoms with van der Waals surface area (Å²) < 4.78 is 6.07. The maximum Gasteiger partial charge on any atom is 0.0681 e. The van der Waals surface area contributed by atoms with E-state index in [4.69, 9.17) is 4.74 Å². The molecular weight excluding hydrogens is 214 g/mol. The molecule has 0 heterocycles. The highest BCUT2D eigenvalue weighted by Crippen LogP contribution is 2.42. The number of hydrogen-bond donors (Lipinski definition) is 2. The molecule has 3 rings (SSSR count). The van der Waals surface area contributed by atoms with Crippen molar-refractivity contribution in [3.8, 4) is 0 Å². The van der Waals surface area contributed by atoms with E-state index in [1.165, 1.54) is 51.4 Å². The van der Waals surface area contributed by atoms with Gasteiger partial charge in [0.1, 0.15) is 0 Å². The summed E-state index contributed by atoms with van der Waals surface area (Å²) in [7, 11) is 0. The molecule has 1 unspecified atom stereocenters. The highest BCUT2D eigenvalue weighted by Gasteiger charge is 2.47. The summed E-state index contributed by atoms with van der Waals surface area (Å²) in [6.45, 7) is 0.955. The fraction of sp³-hybridized carbons (Fsp3) is 1.00. The van der Waals surface area contributed by atoms with Crippen LogP contribution in [0.5, 0.6) is 0 Å². The summed E-state index contributed by atoms with van der Waals surface area (Å²) in [6, 6.07) is 0.648. The first kappa shape index (κ1) is 11.9. The average Bonchev–Trinajstić information content (AvgIpc) is 3.26. The molecule has 3 aliphatic rings. The molecule has 0 aliphatic heterocycles. The molecule has 1 atom stereocenters. The molecule has 98 valence electrons. The van der Waals surface area contributed by atoms with E-state index in [9.17, 15) is 5.11 Å². The van der Waals surface area contributed by atoms with Gasteiger partial charge in [0.15, 0.2) is 0 Å². The number of ether oxygens (including phenoxy) is 1. The second kappa shape index (κ2) is 4.87. The van der Waals surface area contributed by atoms with Crippen LogP contribution >= 0.6 is 0 Å². The van der Waals surface area contributed by atoms with Gasteiger partial charge in [0.25, 0.3) is 0 Å². The average molecular weight is 239 g/mol. The molecule has 0 bridgehead atoms. The lowest BCUT2D eigenvalue weighted by Crippen LogP contribution is -2.55. The predicted octanol–water partition coefficient (Wildman–Crippen LogP) is 1.84. The number of aliphatic hydroxyl groups excluding tert-OH is 1. The van der Waals surface area contributed by atoms with Crippen LogP contribution in [-0.4, -0.2) is 36.0 Å². The third kappa shape index (κ3) is 2.83. The van der Waals surface area contributed by atoms with Crippen molar-refractivity contribution >= 4 is 0 Å². The van der Waals surface area contributed by atoms with E-state index in [-0.39, 0.29) is 12.1 Å². The Morgan fingerprint density at radius 2 is 1.76 bits per heavy atom. The van der Waals surface area contributed by atoms with Gasteiger partial charge in [-0.25, -0.2) is 0 Å². The van der Waals surface area contributed by atoms with Crippen molar-refractivity contribution < 1.29 is 9.84 Å². The zero-order valence-electron chi connectivity index (χ0n) is 10.7. The van der Waals surface area contributed by atoms with Crippen molar-refractivity contribution in [3.63, 3.8) is 0 Å². The van der Waals surface area contributed by atoms with Crippen molar-refractivity contribution in [3.05, 3.63) is 0 Å². The van der Waals surface area contributed by atoms with Crippen molar-refractivity contribution in [2.45, 2.75) is 69.1 Å². The lowest BCUT2D eigenvalue weighted by atomic mass is 9.95. The minimum absolute atomic E-state index is 0.121. The Balaban J connectivity index is 1.56. The van der Waals surface area contributed by atoms with Gasteiger partial charge < -0.3 is 15.2 Å². The van der Waals surface area contributed by atoms with Crippen LogP contribution in [0.2, 0.25) is 0 Å². The number of nitrogens with one attached hydrogen (secondary N) is 1. The van der Waals surface area contributed by atoms with Crippen molar-refractivity contribution in [2.75, 3.05) is 13.2 Å². The summed E-state index contributed by atoms with van der Waals surface area (Å²) in [5.41, 5.74) is -0.121. The van der Waals surface area contributed by atoms with Gasteiger partial charge in [0.05, 0.1) is 24.9 Å². The second-order valence-corrected chi connectivity index (χ2v) is 6.22. The van der Waals surface area contributed by atoms with Gasteiger partial charge in [-0.2, -0.15) is 0 Å². The Morgan fingerprint density at radius 3 is 2.29 bits per heavy atom. The SMILES string of the molecule is OCC(COC1CCCC1)(NC1CC1)C1CC1. The number of aliphatic hydroxyl groups is 1. The molecular formula is C14H25NO2. The maximum absolute atomic E-state index is 9.80. The first-order valence-corrected chi connectivity index (χ1v) is 7.32. The van der Waals surface area contributed by atoms with E-state index < -0.39 is 0 Å². The number of hydrogen-bond acceptors (Lipinski definition) is 3. The van der Waals surface area contributed by atoms with Crippen LogP contribution in [0.4, 0.5) is 0 Å². The van der Waals surface area contributed by atoms with Gasteiger partial charge in [-0.1, -0.05) is 12.8 Å². The predicted molar refractivity (Wildman–Crippen MR) is 66.9 cm³/mol. The molecule has 3 heteroatoms. The fourth-order valence-electron chi connectivity index (χ4n) is 3.09. The smallest absolute Gasteiger partial charge is 0.0681 e. The van der Waals surface area contributed by atoms with E-state index in [0.29, 0.717) is 18.1 Å². The lowest BCUT2D eigenvalue weighted by Gasteiger charge is -2.34. The highest BCUT2D eigenvalue weighted by molar-refractivity contribution is 5.04. The molecule has 0 aromatic carbocycles. The normalized spacial score (nSPS) is 29.5. The molecule has 3 aliphatic carbocycles. The Labute approximate surface area is 104 Å². The van der Waals surface area contributed by atoms with Crippen molar-refractivity contribution in [2.24, 2.45) is 5.92 Å². The molecule has 0 aromatic heterocycles. The van der Waals surface area contributed by atoms with Crippen molar-refractivity contribution in [1.82, 2.24) is 5.32 Å². The standard InChI is InChI=1S/C14H25NO2/c16-9-14(11-5-6-11,15-12-7-8-12)10-17-13-3-1-2-4-13/h11-13,15-16H,1-10H2. The molecule has 0 saturated heterocycles. The highest BCUT2D eigenvalue weighted by atomic mass is 16.5. The minimum Gasteiger partial charge on any atom is -0.394 e. The van der Waals surface area contributed by atoms with Gasteiger partial charge >= 0.3 is 0 Å². The molecule has 3 saturated carbocycles. The van der Waals surface area contributed by atoms with Crippen LogP contribution in [0.3, 0.4) is 0 Å². The Kier molecular flexibility index (Phi) is 3.42. The Morgan fingerprint density at radius 1 is 1.06 bits per heavy atom. The summed E-state index contributed by atoms with van der Waals surface area (Å²) in [5, 5.41) is 13.5. The van der Waals surface area contributed by atoms with Crippen LogP contribution in [0.25, 0.3) is 0 Å². The van der Waals surface area contributed by atoms with Crippen LogP contribution < -0.4 is 5.32 Å². The van der Waals surface area contributed by atoms with Gasteiger partial charge in [0, 0.05) is 6.04 Å². The zero-order chi connectivity index (χ0) is 11.7. The maximum atomic E-state index is 9.80. The molecule has 0 aromatic rings. The van der Waals surface area contributed by atoms with E-state index in [0.717, 1.165) is 6.61 Å². The Bertz CT molecular complexity index is 257. The van der Waals surface area contributed by atoms with Gasteiger partial charge in [0.2, 0.25) is 0 Å². The summed E-state index contributed by atoms with van der Waals surface area (Å²) in [4.78, 5) is 0.